The summed E-state index contributed by atoms with van der Waals surface area (Å²) in [6.45, 7) is 3.49. The van der Waals surface area contributed by atoms with Crippen LogP contribution in [0.3, 0.4) is 0 Å². The van der Waals surface area contributed by atoms with Crippen molar-refractivity contribution in [1.29, 1.82) is 0 Å². The van der Waals surface area contributed by atoms with Gasteiger partial charge in [0.25, 0.3) is 0 Å². The number of benzene rings is 1. The first-order valence-electron chi connectivity index (χ1n) is 8.65. The maximum absolute atomic E-state index is 11.2. The molecule has 1 N–H and O–H groups in total. The summed E-state index contributed by atoms with van der Waals surface area (Å²) in [4.78, 5) is 24.2. The highest BCUT2D eigenvalue weighted by Gasteiger charge is 2.09. The third-order valence-electron chi connectivity index (χ3n) is 4.46. The number of aromatic nitrogens is 3. The van der Waals surface area contributed by atoms with E-state index >= 15 is 0 Å². The van der Waals surface area contributed by atoms with Gasteiger partial charge in [-0.15, -0.1) is 0 Å². The lowest BCUT2D eigenvalue weighted by atomic mass is 9.97. The molecule has 0 fully saturated rings. The van der Waals surface area contributed by atoms with Crippen LogP contribution in [0.2, 0.25) is 0 Å². The largest absolute Gasteiger partial charge is 0.311 e. The van der Waals surface area contributed by atoms with Gasteiger partial charge in [-0.3, -0.25) is 14.8 Å². The number of fused-ring (bicyclic) bond motifs is 1. The van der Waals surface area contributed by atoms with Crippen molar-refractivity contribution in [2.24, 2.45) is 0 Å². The van der Waals surface area contributed by atoms with Crippen molar-refractivity contribution in [3.63, 3.8) is 0 Å². The molecule has 1 aromatic carbocycles. The number of anilines is 1. The SMILES string of the molecule is CC(=O)Nc1cc(C)c(-c2ccc3nccc(-c4ccncc4)c3c2)cn1. The Morgan fingerprint density at radius 2 is 1.70 bits per heavy atom. The number of rotatable bonds is 3. The Bertz CT molecular complexity index is 1140. The van der Waals surface area contributed by atoms with Gasteiger partial charge in [-0.25, -0.2) is 4.98 Å². The van der Waals surface area contributed by atoms with Crippen LogP contribution in [0.15, 0.2) is 67.3 Å². The molecule has 0 unspecified atom stereocenters. The standard InChI is InChI=1S/C22H18N4O/c1-14-11-22(26-15(2)27)25-13-20(14)17-3-4-21-19(12-17)18(7-10-24-21)16-5-8-23-9-6-16/h3-13H,1-2H3,(H,25,26,27). The zero-order valence-corrected chi connectivity index (χ0v) is 15.1. The zero-order valence-electron chi connectivity index (χ0n) is 15.1. The molecule has 0 radical (unpaired) electrons. The van der Waals surface area contributed by atoms with Crippen molar-refractivity contribution in [3.05, 3.63) is 72.8 Å². The smallest absolute Gasteiger partial charge is 0.222 e. The Morgan fingerprint density at radius 3 is 2.44 bits per heavy atom. The molecule has 0 aliphatic rings. The van der Waals surface area contributed by atoms with Crippen molar-refractivity contribution >= 4 is 22.6 Å². The van der Waals surface area contributed by atoms with Crippen LogP contribution in [0.25, 0.3) is 33.2 Å². The summed E-state index contributed by atoms with van der Waals surface area (Å²) >= 11 is 0. The first kappa shape index (κ1) is 16.8. The fraction of sp³-hybridized carbons (Fsp3) is 0.0909. The quantitative estimate of drug-likeness (QED) is 0.583. The number of aryl methyl sites for hydroxylation is 1. The monoisotopic (exact) mass is 354 g/mol. The van der Waals surface area contributed by atoms with E-state index in [0.717, 1.165) is 38.7 Å². The molecule has 4 aromatic rings. The van der Waals surface area contributed by atoms with Crippen molar-refractivity contribution in [2.45, 2.75) is 13.8 Å². The van der Waals surface area contributed by atoms with Crippen LogP contribution in [0, 0.1) is 6.92 Å². The Balaban J connectivity index is 1.83. The van der Waals surface area contributed by atoms with Gasteiger partial charge in [0.2, 0.25) is 5.91 Å². The average molecular weight is 354 g/mol. The maximum Gasteiger partial charge on any atom is 0.222 e. The third kappa shape index (κ3) is 3.40. The van der Waals surface area contributed by atoms with E-state index in [4.69, 9.17) is 0 Å². The summed E-state index contributed by atoms with van der Waals surface area (Å²) in [7, 11) is 0. The number of hydrogen-bond acceptors (Lipinski definition) is 4. The van der Waals surface area contributed by atoms with Crippen molar-refractivity contribution in [1.82, 2.24) is 15.0 Å². The maximum atomic E-state index is 11.2. The topological polar surface area (TPSA) is 67.8 Å². The van der Waals surface area contributed by atoms with Crippen molar-refractivity contribution in [2.75, 3.05) is 5.32 Å². The van der Waals surface area contributed by atoms with Gasteiger partial charge in [0, 0.05) is 42.7 Å². The fourth-order valence-corrected chi connectivity index (χ4v) is 3.20. The number of nitrogens with one attached hydrogen (secondary N) is 1. The van der Waals surface area contributed by atoms with Crippen LogP contribution in [0.4, 0.5) is 5.82 Å². The van der Waals surface area contributed by atoms with Gasteiger partial charge in [-0.05, 0) is 65.6 Å². The molecule has 0 spiro atoms. The van der Waals surface area contributed by atoms with Crippen molar-refractivity contribution in [3.8, 4) is 22.3 Å². The van der Waals surface area contributed by atoms with Gasteiger partial charge in [0.1, 0.15) is 5.82 Å². The Kier molecular flexibility index (Phi) is 4.34. The summed E-state index contributed by atoms with van der Waals surface area (Å²) in [5, 5.41) is 3.79. The summed E-state index contributed by atoms with van der Waals surface area (Å²) in [6.07, 6.45) is 7.21. The Morgan fingerprint density at radius 1 is 0.889 bits per heavy atom. The number of carbonyl (C=O) groups excluding carboxylic acids is 1. The lowest BCUT2D eigenvalue weighted by molar-refractivity contribution is -0.114. The molecule has 5 heteroatoms. The number of carbonyl (C=O) groups is 1. The molecule has 4 rings (SSSR count). The van der Waals surface area contributed by atoms with Gasteiger partial charge >= 0.3 is 0 Å². The van der Waals surface area contributed by atoms with Gasteiger partial charge in [-0.1, -0.05) is 6.07 Å². The highest BCUT2D eigenvalue weighted by atomic mass is 16.1. The summed E-state index contributed by atoms with van der Waals surface area (Å²) in [6, 6.07) is 14.1. The lowest BCUT2D eigenvalue weighted by Gasteiger charge is -2.11. The highest BCUT2D eigenvalue weighted by Crippen LogP contribution is 2.32. The second-order valence-corrected chi connectivity index (χ2v) is 6.39. The second-order valence-electron chi connectivity index (χ2n) is 6.39. The van der Waals surface area contributed by atoms with Gasteiger partial charge in [0.05, 0.1) is 5.52 Å². The minimum Gasteiger partial charge on any atom is -0.311 e. The summed E-state index contributed by atoms with van der Waals surface area (Å²) in [5.74, 6) is 0.428. The minimum absolute atomic E-state index is 0.131. The molecule has 0 saturated heterocycles. The highest BCUT2D eigenvalue weighted by molar-refractivity contribution is 5.97. The number of nitrogens with zero attached hydrogens (tertiary/aromatic N) is 3. The van der Waals surface area contributed by atoms with Crippen LogP contribution in [0.5, 0.6) is 0 Å². The minimum atomic E-state index is -0.131. The molecule has 27 heavy (non-hydrogen) atoms. The first-order chi connectivity index (χ1) is 13.1. The molecule has 1 amide bonds. The van der Waals surface area contributed by atoms with E-state index in [1.54, 1.807) is 18.6 Å². The predicted molar refractivity (Wildman–Crippen MR) is 107 cm³/mol. The van der Waals surface area contributed by atoms with E-state index in [9.17, 15) is 4.79 Å². The van der Waals surface area contributed by atoms with Crippen LogP contribution < -0.4 is 5.32 Å². The van der Waals surface area contributed by atoms with Crippen LogP contribution in [0.1, 0.15) is 12.5 Å². The lowest BCUT2D eigenvalue weighted by Crippen LogP contribution is -2.07. The van der Waals surface area contributed by atoms with Crippen LogP contribution in [-0.2, 0) is 4.79 Å². The van der Waals surface area contributed by atoms with E-state index < -0.39 is 0 Å². The number of pyridine rings is 3. The fourth-order valence-electron chi connectivity index (χ4n) is 3.20. The molecule has 132 valence electrons. The number of amides is 1. The molecule has 3 heterocycles. The average Bonchev–Trinajstić information content (AvgIpc) is 2.67. The van der Waals surface area contributed by atoms with Gasteiger partial charge in [-0.2, -0.15) is 0 Å². The van der Waals surface area contributed by atoms with Crippen LogP contribution >= 0.6 is 0 Å². The third-order valence-corrected chi connectivity index (χ3v) is 4.46. The molecule has 0 saturated carbocycles. The molecule has 0 aliphatic carbocycles. The molecular weight excluding hydrogens is 336 g/mol. The molecule has 3 aromatic heterocycles. The molecule has 0 atom stereocenters. The zero-order chi connectivity index (χ0) is 18.8. The molecule has 0 bridgehead atoms. The van der Waals surface area contributed by atoms with E-state index in [2.05, 4.69) is 26.3 Å². The molecule has 5 nitrogen and oxygen atoms in total. The number of hydrogen-bond donors (Lipinski definition) is 1. The Labute approximate surface area is 157 Å². The Hall–Kier alpha value is -3.60. The molecule has 0 aliphatic heterocycles. The van der Waals surface area contributed by atoms with E-state index in [1.165, 1.54) is 6.92 Å². The normalized spacial score (nSPS) is 10.7. The van der Waals surface area contributed by atoms with E-state index in [-0.39, 0.29) is 5.91 Å². The summed E-state index contributed by atoms with van der Waals surface area (Å²) < 4.78 is 0. The molecular formula is C22H18N4O. The van der Waals surface area contributed by atoms with E-state index in [0.29, 0.717) is 5.82 Å². The predicted octanol–water partition coefficient (Wildman–Crippen LogP) is 4.63. The van der Waals surface area contributed by atoms with Gasteiger partial charge in [0.15, 0.2) is 0 Å². The second kappa shape index (κ2) is 6.96. The summed E-state index contributed by atoms with van der Waals surface area (Å²) in [5.41, 5.74) is 6.28. The van der Waals surface area contributed by atoms with Crippen LogP contribution in [-0.4, -0.2) is 20.9 Å². The van der Waals surface area contributed by atoms with Crippen molar-refractivity contribution < 1.29 is 4.79 Å². The van der Waals surface area contributed by atoms with E-state index in [1.807, 2.05) is 49.5 Å². The first-order valence-corrected chi connectivity index (χ1v) is 8.65. The van der Waals surface area contributed by atoms with Gasteiger partial charge < -0.3 is 5.32 Å².